The van der Waals surface area contributed by atoms with Crippen molar-refractivity contribution >= 4 is 33.8 Å². The summed E-state index contributed by atoms with van der Waals surface area (Å²) in [7, 11) is -2.06. The molecule has 0 aliphatic heterocycles. The van der Waals surface area contributed by atoms with Crippen molar-refractivity contribution in [2.75, 3.05) is 30.4 Å². The first-order valence-corrected chi connectivity index (χ1v) is 11.2. The Kier molecular flexibility index (Phi) is 7.57. The Morgan fingerprint density at radius 2 is 1.85 bits per heavy atom. The van der Waals surface area contributed by atoms with E-state index in [2.05, 4.69) is 30.5 Å². The van der Waals surface area contributed by atoms with E-state index in [0.29, 0.717) is 10.7 Å². The van der Waals surface area contributed by atoms with Crippen LogP contribution in [0, 0.1) is 0 Å². The summed E-state index contributed by atoms with van der Waals surface area (Å²) in [5, 5.41) is 7.51. The molecule has 0 radical (unpaired) electrons. The number of anilines is 2. The fourth-order valence-electron chi connectivity index (χ4n) is 2.61. The van der Waals surface area contributed by atoms with Gasteiger partial charge in [0.2, 0.25) is 17.7 Å². The Hall–Kier alpha value is -4.27. The zero-order valence-electron chi connectivity index (χ0n) is 18.4. The third-order valence-electron chi connectivity index (χ3n) is 4.12. The minimum absolute atomic E-state index is 0.0592. The van der Waals surface area contributed by atoms with Crippen LogP contribution in [0.5, 0.6) is 11.8 Å². The van der Waals surface area contributed by atoms with Gasteiger partial charge in [0, 0.05) is 6.20 Å². The Morgan fingerprint density at radius 3 is 2.44 bits per heavy atom. The molecule has 0 unspecified atom stereocenters. The molecule has 34 heavy (non-hydrogen) atoms. The molecular formula is C19H21N7O7S. The van der Waals surface area contributed by atoms with Crippen LogP contribution in [-0.2, 0) is 14.8 Å². The van der Waals surface area contributed by atoms with E-state index < -0.39 is 27.0 Å². The number of carbonyl (C=O) groups excluding carboxylic acids is 2. The fraction of sp³-hybridized carbons (Fsp3) is 0.263. The highest BCUT2D eigenvalue weighted by atomic mass is 32.2. The number of hydrogen-bond donors (Lipinski definition) is 2. The van der Waals surface area contributed by atoms with Crippen LogP contribution in [0.15, 0.2) is 41.7 Å². The van der Waals surface area contributed by atoms with Crippen molar-refractivity contribution in [3.8, 4) is 11.8 Å². The lowest BCUT2D eigenvalue weighted by atomic mass is 10.4. The molecule has 0 saturated heterocycles. The normalized spacial score (nSPS) is 10.9. The summed E-state index contributed by atoms with van der Waals surface area (Å²) in [4.78, 5) is 37.4. The summed E-state index contributed by atoms with van der Waals surface area (Å²) in [6.45, 7) is 1.85. The predicted octanol–water partition coefficient (Wildman–Crippen LogP) is 1.61. The van der Waals surface area contributed by atoms with Crippen LogP contribution in [0.4, 0.5) is 16.6 Å². The van der Waals surface area contributed by atoms with E-state index in [1.54, 1.807) is 6.92 Å². The van der Waals surface area contributed by atoms with Crippen LogP contribution in [0.1, 0.15) is 23.7 Å². The van der Waals surface area contributed by atoms with Crippen LogP contribution in [0.25, 0.3) is 0 Å². The lowest BCUT2D eigenvalue weighted by Crippen LogP contribution is -2.41. The number of pyridine rings is 1. The van der Waals surface area contributed by atoms with Crippen molar-refractivity contribution in [2.45, 2.75) is 18.4 Å². The number of rotatable bonds is 9. The van der Waals surface area contributed by atoms with Crippen molar-refractivity contribution in [1.29, 1.82) is 0 Å². The maximum Gasteiger partial charge on any atom is 0.344 e. The summed E-state index contributed by atoms with van der Waals surface area (Å²) in [5.41, 5.74) is -0.374. The number of sulfonamides is 1. The zero-order chi connectivity index (χ0) is 24.7. The molecule has 14 nitrogen and oxygen atoms in total. The third kappa shape index (κ3) is 5.20. The molecule has 15 heteroatoms. The number of H-pyrrole nitrogens is 1. The van der Waals surface area contributed by atoms with Gasteiger partial charge in [0.25, 0.3) is 10.0 Å². The van der Waals surface area contributed by atoms with E-state index in [4.69, 9.17) is 14.2 Å². The Labute approximate surface area is 194 Å². The van der Waals surface area contributed by atoms with E-state index in [0.717, 1.165) is 6.20 Å². The average Bonchev–Trinajstić information content (AvgIpc) is 3.34. The van der Waals surface area contributed by atoms with E-state index in [-0.39, 0.29) is 35.7 Å². The van der Waals surface area contributed by atoms with Crippen LogP contribution in [0.2, 0.25) is 0 Å². The van der Waals surface area contributed by atoms with Crippen molar-refractivity contribution < 1.29 is 32.2 Å². The minimum Gasteiger partial charge on any atom is -0.481 e. The van der Waals surface area contributed by atoms with Crippen LogP contribution in [0.3, 0.4) is 0 Å². The van der Waals surface area contributed by atoms with E-state index in [9.17, 15) is 18.0 Å². The topological polar surface area (TPSA) is 179 Å². The highest BCUT2D eigenvalue weighted by molar-refractivity contribution is 7.93. The molecule has 3 rings (SSSR count). The average molecular weight is 491 g/mol. The Morgan fingerprint density at radius 1 is 1.15 bits per heavy atom. The number of nitrogens with zero attached hydrogens (tertiary/aromatic N) is 5. The number of ether oxygens (including phenoxy) is 3. The molecule has 0 atom stereocenters. The lowest BCUT2D eigenvalue weighted by Gasteiger charge is -2.21. The quantitative estimate of drug-likeness (QED) is 0.415. The van der Waals surface area contributed by atoms with E-state index >= 15 is 0 Å². The summed E-state index contributed by atoms with van der Waals surface area (Å²) in [6, 6.07) is 4.46. The molecule has 2 N–H and O–H groups in total. The number of urea groups is 1. The maximum absolute atomic E-state index is 13.5. The van der Waals surface area contributed by atoms with Gasteiger partial charge in [0.1, 0.15) is 5.56 Å². The Bertz CT molecular complexity index is 1240. The van der Waals surface area contributed by atoms with Gasteiger partial charge < -0.3 is 14.2 Å². The molecule has 0 bridgehead atoms. The predicted molar refractivity (Wildman–Crippen MR) is 117 cm³/mol. The van der Waals surface area contributed by atoms with Gasteiger partial charge in [-0.2, -0.15) is 27.8 Å². The number of nitrogens with one attached hydrogen (secondary N) is 2. The number of aromatic nitrogens is 5. The van der Waals surface area contributed by atoms with Gasteiger partial charge in [-0.25, -0.2) is 14.6 Å². The molecule has 0 fully saturated rings. The summed E-state index contributed by atoms with van der Waals surface area (Å²) in [5.74, 6) is -1.37. The van der Waals surface area contributed by atoms with E-state index in [1.165, 1.54) is 44.7 Å². The first-order valence-electron chi connectivity index (χ1n) is 9.76. The number of esters is 1. The largest absolute Gasteiger partial charge is 0.481 e. The van der Waals surface area contributed by atoms with Crippen LogP contribution in [-0.4, -0.2) is 66.4 Å². The summed E-state index contributed by atoms with van der Waals surface area (Å²) < 4.78 is 42.5. The van der Waals surface area contributed by atoms with Crippen molar-refractivity contribution in [2.24, 2.45) is 0 Å². The second kappa shape index (κ2) is 10.6. The maximum atomic E-state index is 13.5. The second-order valence-electron chi connectivity index (χ2n) is 6.41. The Balaban J connectivity index is 2.04. The van der Waals surface area contributed by atoms with E-state index in [1.807, 2.05) is 0 Å². The molecule has 0 aliphatic carbocycles. The standard InChI is InChI=1S/C19H21N7O7S/c1-4-9-33-17(27)12-11-21-25-16(12)34(29,30)26(13-7-5-6-8-20-13)19(28)24-18-22-14(31-2)10-15(23-18)32-3/h5-8,10-11H,4,9H2,1-3H3,(H,21,25)(H,22,23,24,28). The molecule has 0 aromatic carbocycles. The van der Waals surface area contributed by atoms with Gasteiger partial charge in [-0.1, -0.05) is 13.0 Å². The molecule has 0 aliphatic rings. The molecule has 0 spiro atoms. The fourth-order valence-corrected chi connectivity index (χ4v) is 3.99. The number of hydrogen-bond acceptors (Lipinski definition) is 11. The molecule has 0 saturated carbocycles. The van der Waals surface area contributed by atoms with Crippen molar-refractivity contribution in [3.63, 3.8) is 0 Å². The monoisotopic (exact) mass is 491 g/mol. The van der Waals surface area contributed by atoms with Gasteiger partial charge in [-0.3, -0.25) is 10.4 Å². The number of aromatic amines is 1. The molecule has 180 valence electrons. The highest BCUT2D eigenvalue weighted by Crippen LogP contribution is 2.25. The lowest BCUT2D eigenvalue weighted by molar-refractivity contribution is 0.0500. The number of methoxy groups -OCH3 is 2. The SMILES string of the molecule is CCCOC(=O)c1cn[nH]c1S(=O)(=O)N(C(=O)Nc1nc(OC)cc(OC)n1)c1ccccn1. The van der Waals surface area contributed by atoms with Crippen molar-refractivity contribution in [3.05, 3.63) is 42.2 Å². The summed E-state index contributed by atoms with van der Waals surface area (Å²) in [6.07, 6.45) is 2.81. The van der Waals surface area contributed by atoms with Crippen LogP contribution >= 0.6 is 0 Å². The van der Waals surface area contributed by atoms with Gasteiger partial charge >= 0.3 is 12.0 Å². The summed E-state index contributed by atoms with van der Waals surface area (Å²) >= 11 is 0. The molecule has 3 heterocycles. The molecule has 3 aromatic rings. The van der Waals surface area contributed by atoms with Gasteiger partial charge in [0.15, 0.2) is 10.8 Å². The molecule has 3 aromatic heterocycles. The number of amides is 2. The molecular weight excluding hydrogens is 470 g/mol. The smallest absolute Gasteiger partial charge is 0.344 e. The van der Waals surface area contributed by atoms with Gasteiger partial charge in [-0.15, -0.1) is 0 Å². The van der Waals surface area contributed by atoms with Crippen molar-refractivity contribution in [1.82, 2.24) is 25.1 Å². The van der Waals surface area contributed by atoms with Gasteiger partial charge in [-0.05, 0) is 18.6 Å². The van der Waals surface area contributed by atoms with Gasteiger partial charge in [0.05, 0.1) is 33.1 Å². The zero-order valence-corrected chi connectivity index (χ0v) is 19.2. The first-order chi connectivity index (χ1) is 16.3. The first kappa shape index (κ1) is 24.4. The minimum atomic E-state index is -4.74. The number of carbonyl (C=O) groups is 2. The highest BCUT2D eigenvalue weighted by Gasteiger charge is 2.37. The third-order valence-corrected chi connectivity index (χ3v) is 5.78. The molecule has 2 amide bonds. The second-order valence-corrected chi connectivity index (χ2v) is 8.14. The van der Waals surface area contributed by atoms with Crippen LogP contribution < -0.4 is 19.1 Å².